The van der Waals surface area contributed by atoms with Crippen LogP contribution >= 0.6 is 11.6 Å². The molecule has 1 aliphatic rings. The number of hydrogen-bond donors (Lipinski definition) is 1. The number of sulfone groups is 1. The third-order valence-corrected chi connectivity index (χ3v) is 7.23. The molecule has 0 aromatic heterocycles. The summed E-state index contributed by atoms with van der Waals surface area (Å²) in [5, 5.41) is -0.0115. The lowest BCUT2D eigenvalue weighted by molar-refractivity contribution is 0.141. The molecule has 7 nitrogen and oxygen atoms in total. The fourth-order valence-electron chi connectivity index (χ4n) is 2.83. The first-order valence-electron chi connectivity index (χ1n) is 7.87. The molecule has 1 atom stereocenters. The van der Waals surface area contributed by atoms with Gasteiger partial charge in [-0.2, -0.15) is 0 Å². The molecule has 2 rings (SSSR count). The lowest BCUT2D eigenvalue weighted by Gasteiger charge is -2.24. The van der Waals surface area contributed by atoms with E-state index in [0.717, 1.165) is 38.3 Å². The molecule has 0 radical (unpaired) electrons. The number of ether oxygens (including phenoxy) is 1. The maximum Gasteiger partial charge on any atom is 0.242 e. The maximum absolute atomic E-state index is 12.6. The molecule has 25 heavy (non-hydrogen) atoms. The highest BCUT2D eigenvalue weighted by Gasteiger charge is 2.27. The molecule has 1 aromatic carbocycles. The first-order chi connectivity index (χ1) is 11.6. The summed E-state index contributed by atoms with van der Waals surface area (Å²) in [5.74, 6) is 0. The third kappa shape index (κ3) is 5.38. The van der Waals surface area contributed by atoms with Crippen LogP contribution in [0.5, 0.6) is 0 Å². The number of halogens is 1. The Hall–Kier alpha value is -0.710. The van der Waals surface area contributed by atoms with E-state index < -0.39 is 19.9 Å². The van der Waals surface area contributed by atoms with Gasteiger partial charge in [0.2, 0.25) is 10.0 Å². The van der Waals surface area contributed by atoms with Crippen molar-refractivity contribution in [1.82, 2.24) is 9.62 Å². The van der Waals surface area contributed by atoms with Gasteiger partial charge in [0.25, 0.3) is 0 Å². The fourth-order valence-corrected chi connectivity index (χ4v) is 5.15. The Labute approximate surface area is 154 Å². The van der Waals surface area contributed by atoms with E-state index in [1.807, 2.05) is 0 Å². The minimum atomic E-state index is -3.91. The topological polar surface area (TPSA) is 92.8 Å². The highest BCUT2D eigenvalue weighted by atomic mass is 35.5. The van der Waals surface area contributed by atoms with Crippen LogP contribution in [0.25, 0.3) is 0 Å². The van der Waals surface area contributed by atoms with E-state index in [2.05, 4.69) is 9.62 Å². The van der Waals surface area contributed by atoms with Gasteiger partial charge in [0, 0.05) is 32.5 Å². The van der Waals surface area contributed by atoms with Crippen LogP contribution in [0.15, 0.2) is 28.0 Å². The molecule has 1 aliphatic heterocycles. The quantitative estimate of drug-likeness (QED) is 0.690. The number of sulfonamides is 1. The second-order valence-electron chi connectivity index (χ2n) is 6.04. The largest absolute Gasteiger partial charge is 0.383 e. The SMILES string of the molecule is COCCN1CCCC1CNS(=O)(=O)c1cc(S(C)(=O)=O)ccc1Cl. The Morgan fingerprint density at radius 1 is 1.32 bits per heavy atom. The van der Waals surface area contributed by atoms with Crippen LogP contribution in [-0.2, 0) is 24.6 Å². The summed E-state index contributed by atoms with van der Waals surface area (Å²) < 4.78 is 56.1. The van der Waals surface area contributed by atoms with Gasteiger partial charge in [-0.3, -0.25) is 4.90 Å². The Kier molecular flexibility index (Phi) is 6.86. The molecule has 1 fully saturated rings. The molecule has 1 unspecified atom stereocenters. The highest BCUT2D eigenvalue weighted by Crippen LogP contribution is 2.25. The molecule has 1 saturated heterocycles. The zero-order valence-electron chi connectivity index (χ0n) is 14.2. The van der Waals surface area contributed by atoms with Crippen LogP contribution in [-0.4, -0.2) is 67.4 Å². The van der Waals surface area contributed by atoms with Crippen LogP contribution in [0.2, 0.25) is 5.02 Å². The van der Waals surface area contributed by atoms with Crippen molar-refractivity contribution in [1.29, 1.82) is 0 Å². The van der Waals surface area contributed by atoms with Crippen molar-refractivity contribution in [2.75, 3.05) is 39.6 Å². The molecular formula is C15H23ClN2O5S2. The lowest BCUT2D eigenvalue weighted by atomic mass is 10.2. The molecule has 0 amide bonds. The Bertz CT molecular complexity index is 811. The predicted molar refractivity (Wildman–Crippen MR) is 96.2 cm³/mol. The zero-order chi connectivity index (χ0) is 18.7. The van der Waals surface area contributed by atoms with Gasteiger partial charge in [0.15, 0.2) is 9.84 Å². The molecule has 1 heterocycles. The normalized spacial score (nSPS) is 19.4. The number of methoxy groups -OCH3 is 1. The number of rotatable bonds is 8. The number of nitrogens with one attached hydrogen (secondary N) is 1. The Balaban J connectivity index is 2.14. The number of nitrogens with zero attached hydrogens (tertiary/aromatic N) is 1. The maximum atomic E-state index is 12.6. The first kappa shape index (κ1) is 20.6. The average molecular weight is 411 g/mol. The molecule has 1 N–H and O–H groups in total. The second-order valence-corrected chi connectivity index (χ2v) is 10.2. The molecule has 1 aromatic rings. The summed E-state index contributed by atoms with van der Waals surface area (Å²) in [4.78, 5) is 1.87. The van der Waals surface area contributed by atoms with Crippen molar-refractivity contribution in [3.63, 3.8) is 0 Å². The van der Waals surface area contributed by atoms with Crippen LogP contribution in [0.4, 0.5) is 0 Å². The third-order valence-electron chi connectivity index (χ3n) is 4.21. The summed E-state index contributed by atoms with van der Waals surface area (Å²) in [6, 6.07) is 3.76. The van der Waals surface area contributed by atoms with E-state index in [0.29, 0.717) is 6.61 Å². The molecule has 142 valence electrons. The zero-order valence-corrected chi connectivity index (χ0v) is 16.6. The van der Waals surface area contributed by atoms with Crippen molar-refractivity contribution in [3.05, 3.63) is 23.2 Å². The van der Waals surface area contributed by atoms with Crippen molar-refractivity contribution in [2.45, 2.75) is 28.7 Å². The highest BCUT2D eigenvalue weighted by molar-refractivity contribution is 7.91. The minimum Gasteiger partial charge on any atom is -0.383 e. The number of hydrogen-bond acceptors (Lipinski definition) is 6. The van der Waals surface area contributed by atoms with Crippen molar-refractivity contribution >= 4 is 31.5 Å². The van der Waals surface area contributed by atoms with Gasteiger partial charge in [-0.1, -0.05) is 11.6 Å². The monoisotopic (exact) mass is 410 g/mol. The second kappa shape index (κ2) is 8.32. The van der Waals surface area contributed by atoms with Crippen molar-refractivity contribution in [3.8, 4) is 0 Å². The molecular weight excluding hydrogens is 388 g/mol. The van der Waals surface area contributed by atoms with E-state index in [9.17, 15) is 16.8 Å². The van der Waals surface area contributed by atoms with Gasteiger partial charge in [-0.25, -0.2) is 21.6 Å². The van der Waals surface area contributed by atoms with E-state index in [4.69, 9.17) is 16.3 Å². The summed E-state index contributed by atoms with van der Waals surface area (Å²) in [6.07, 6.45) is 2.91. The van der Waals surface area contributed by atoms with Gasteiger partial charge >= 0.3 is 0 Å². The summed E-state index contributed by atoms with van der Waals surface area (Å²) >= 11 is 5.98. The average Bonchev–Trinajstić information content (AvgIpc) is 2.97. The van der Waals surface area contributed by atoms with Gasteiger partial charge in [-0.05, 0) is 37.6 Å². The van der Waals surface area contributed by atoms with E-state index in [-0.39, 0.29) is 27.4 Å². The first-order valence-corrected chi connectivity index (χ1v) is 11.6. The molecule has 0 spiro atoms. The van der Waals surface area contributed by atoms with E-state index in [1.54, 1.807) is 7.11 Å². The van der Waals surface area contributed by atoms with E-state index >= 15 is 0 Å². The van der Waals surface area contributed by atoms with Crippen molar-refractivity contribution < 1.29 is 21.6 Å². The number of benzene rings is 1. The van der Waals surface area contributed by atoms with Crippen LogP contribution in [0, 0.1) is 0 Å². The minimum absolute atomic E-state index is 0.0115. The molecule has 0 saturated carbocycles. The van der Waals surface area contributed by atoms with E-state index in [1.165, 1.54) is 12.1 Å². The Morgan fingerprint density at radius 3 is 2.68 bits per heavy atom. The predicted octanol–water partition coefficient (Wildman–Crippen LogP) is 1.13. The number of likely N-dealkylation sites (tertiary alicyclic amines) is 1. The van der Waals surface area contributed by atoms with Gasteiger partial charge in [-0.15, -0.1) is 0 Å². The van der Waals surface area contributed by atoms with Crippen LogP contribution < -0.4 is 4.72 Å². The summed E-state index contributed by atoms with van der Waals surface area (Å²) in [6.45, 7) is 2.48. The van der Waals surface area contributed by atoms with Gasteiger partial charge in [0.05, 0.1) is 16.5 Å². The van der Waals surface area contributed by atoms with Gasteiger partial charge in [0.1, 0.15) is 4.90 Å². The molecule has 0 bridgehead atoms. The summed E-state index contributed by atoms with van der Waals surface area (Å²) in [7, 11) is -5.80. The van der Waals surface area contributed by atoms with Gasteiger partial charge < -0.3 is 4.74 Å². The fraction of sp³-hybridized carbons (Fsp3) is 0.600. The smallest absolute Gasteiger partial charge is 0.242 e. The Morgan fingerprint density at radius 2 is 2.04 bits per heavy atom. The molecule has 10 heteroatoms. The van der Waals surface area contributed by atoms with Crippen LogP contribution in [0.1, 0.15) is 12.8 Å². The molecule has 0 aliphatic carbocycles. The standard InChI is InChI=1S/C15H23ClN2O5S2/c1-23-9-8-18-7-3-4-12(18)11-17-25(21,22)15-10-13(24(2,19)20)5-6-14(15)16/h5-6,10,12,17H,3-4,7-9,11H2,1-2H3. The van der Waals surface area contributed by atoms with Crippen LogP contribution in [0.3, 0.4) is 0 Å². The van der Waals surface area contributed by atoms with Crippen molar-refractivity contribution in [2.24, 2.45) is 0 Å². The lowest BCUT2D eigenvalue weighted by Crippen LogP contribution is -2.41. The summed E-state index contributed by atoms with van der Waals surface area (Å²) in [5.41, 5.74) is 0.